The summed E-state index contributed by atoms with van der Waals surface area (Å²) in [7, 11) is 26.6. The Balaban J connectivity index is 0.000000585. The number of rotatable bonds is 3. The zero-order valence-corrected chi connectivity index (χ0v) is 20.0. The molecule has 0 aromatic heterocycles. The Morgan fingerprint density at radius 2 is 1.57 bits per heavy atom. The van der Waals surface area contributed by atoms with Crippen molar-refractivity contribution in [2.75, 3.05) is 7.11 Å². The summed E-state index contributed by atoms with van der Waals surface area (Å²) in [4.78, 5) is 11.4. The van der Waals surface area contributed by atoms with Crippen LogP contribution in [0, 0.1) is 0 Å². The molecule has 0 aliphatic heterocycles. The van der Waals surface area contributed by atoms with Gasteiger partial charge in [-0.3, -0.25) is 0 Å². The first kappa shape index (κ1) is 23.9. The van der Waals surface area contributed by atoms with Crippen molar-refractivity contribution in [3.8, 4) is 5.75 Å². The molecule has 1 rings (SSSR count). The van der Waals surface area contributed by atoms with Crippen molar-refractivity contribution in [3.05, 3.63) is 29.8 Å². The number of hydrogen-bond donors (Lipinski definition) is 0. The summed E-state index contributed by atoms with van der Waals surface area (Å²) in [6, 6.07) is 7.78. The minimum atomic E-state index is -5.42. The topological polar surface area (TPSA) is 29.3 Å². The number of para-hydroxylation sites is 1. The summed E-state index contributed by atoms with van der Waals surface area (Å²) in [5, 5.41) is 0. The van der Waals surface area contributed by atoms with E-state index in [1.165, 1.54) is 0 Å². The van der Waals surface area contributed by atoms with Crippen LogP contribution < -0.4 is 4.74 Å². The van der Waals surface area contributed by atoms with E-state index >= 15 is 0 Å². The van der Waals surface area contributed by atoms with Gasteiger partial charge in [-0.25, -0.2) is 4.79 Å². The number of halogens is 6. The van der Waals surface area contributed by atoms with Gasteiger partial charge in [0.15, 0.2) is 12.3 Å². The molecule has 0 radical (unpaired) electrons. The molecular weight excluding hydrogens is 537 g/mol. The maximum absolute atomic E-state index is 11.4. The van der Waals surface area contributed by atoms with Crippen LogP contribution in [0.25, 0.3) is 0 Å². The van der Waals surface area contributed by atoms with Crippen LogP contribution in [-0.2, 0) is 4.79 Å². The van der Waals surface area contributed by atoms with E-state index in [0.717, 1.165) is 11.3 Å². The van der Waals surface area contributed by atoms with Gasteiger partial charge in [-0.15, -0.1) is 0 Å². The number of ether oxygens (including phenoxy) is 1. The van der Waals surface area contributed by atoms with Gasteiger partial charge in [0.05, 0.1) is 19.6 Å². The SMILES string of the molecule is COc1ccccc1C=[N+](C(C)=O)C(C)C.[Cl][Sb-]([Cl])([Cl])([Cl])([Cl])[Cl]. The molecule has 0 atom stereocenters. The van der Waals surface area contributed by atoms with Crippen molar-refractivity contribution in [1.29, 1.82) is 0 Å². The molecule has 3 nitrogen and oxygen atoms in total. The summed E-state index contributed by atoms with van der Waals surface area (Å²) in [5.74, 6) is 0.801. The number of hydrogen-bond acceptors (Lipinski definition) is 2. The third kappa shape index (κ3) is 14.9. The van der Waals surface area contributed by atoms with Crippen LogP contribution in [0.3, 0.4) is 0 Å². The van der Waals surface area contributed by atoms with E-state index in [2.05, 4.69) is 0 Å². The third-order valence-corrected chi connectivity index (χ3v) is 2.34. The Morgan fingerprint density at radius 1 is 1.13 bits per heavy atom. The van der Waals surface area contributed by atoms with Gasteiger partial charge in [0, 0.05) is 0 Å². The number of methoxy groups -OCH3 is 1. The van der Waals surface area contributed by atoms with Crippen LogP contribution in [-0.4, -0.2) is 39.0 Å². The first-order valence-electron chi connectivity index (χ1n) is 6.34. The van der Waals surface area contributed by atoms with Gasteiger partial charge >= 0.3 is 68.0 Å². The molecule has 0 saturated heterocycles. The molecule has 0 N–H and O–H groups in total. The zero-order chi connectivity index (χ0) is 18.5. The molecule has 1 aromatic carbocycles. The molecule has 0 heterocycles. The van der Waals surface area contributed by atoms with Crippen LogP contribution in [0.5, 0.6) is 5.75 Å². The molecule has 0 aliphatic carbocycles. The average molecular weight is 555 g/mol. The molecule has 0 bridgehead atoms. The normalized spacial score (nSPS) is 15.2. The molecule has 0 spiro atoms. The van der Waals surface area contributed by atoms with Crippen LogP contribution in [0.2, 0.25) is 0 Å². The van der Waals surface area contributed by atoms with E-state index in [1.54, 1.807) is 18.6 Å². The average Bonchev–Trinajstić information content (AvgIpc) is 2.31. The second-order valence-corrected chi connectivity index (χ2v) is 61.7. The molecule has 1 amide bonds. The molecule has 1 aromatic rings. The van der Waals surface area contributed by atoms with Gasteiger partial charge in [-0.1, -0.05) is 12.1 Å². The third-order valence-electron chi connectivity index (χ3n) is 2.34. The first-order valence-corrected chi connectivity index (χ1v) is 25.7. The van der Waals surface area contributed by atoms with Crippen molar-refractivity contribution < 1.29 is 14.1 Å². The summed E-state index contributed by atoms with van der Waals surface area (Å²) in [6.45, 7) is 5.52. The fraction of sp³-hybridized carbons (Fsp3) is 0.385. The Bertz CT molecular complexity index is 584. The van der Waals surface area contributed by atoms with E-state index in [9.17, 15) is 4.79 Å². The fourth-order valence-electron chi connectivity index (χ4n) is 1.53. The van der Waals surface area contributed by atoms with Crippen molar-refractivity contribution in [2.45, 2.75) is 26.8 Å². The molecule has 134 valence electrons. The predicted molar refractivity (Wildman–Crippen MR) is 105 cm³/mol. The summed E-state index contributed by atoms with van der Waals surface area (Å²) < 4.78 is 6.93. The predicted octanol–water partition coefficient (Wildman–Crippen LogP) is 5.84. The number of amides is 1. The van der Waals surface area contributed by atoms with Crippen molar-refractivity contribution in [1.82, 2.24) is 0 Å². The van der Waals surface area contributed by atoms with E-state index in [4.69, 9.17) is 57.7 Å². The van der Waals surface area contributed by atoms with Gasteiger partial charge < -0.3 is 4.74 Å². The molecular formula is C13H18Cl6NO2Sb. The van der Waals surface area contributed by atoms with Crippen LogP contribution in [0.15, 0.2) is 24.3 Å². The van der Waals surface area contributed by atoms with Gasteiger partial charge in [0.1, 0.15) is 5.75 Å². The fourth-order valence-corrected chi connectivity index (χ4v) is 1.53. The molecule has 0 aliphatic rings. The summed E-state index contributed by atoms with van der Waals surface area (Å²) in [6.07, 6.45) is 1.83. The number of benzene rings is 1. The molecule has 0 saturated carbocycles. The second kappa shape index (κ2) is 8.08. The van der Waals surface area contributed by atoms with Crippen molar-refractivity contribution >= 4 is 74.2 Å². The molecule has 10 heteroatoms. The van der Waals surface area contributed by atoms with E-state index in [-0.39, 0.29) is 11.9 Å². The Morgan fingerprint density at radius 3 is 1.91 bits per heavy atom. The van der Waals surface area contributed by atoms with Crippen molar-refractivity contribution in [3.63, 3.8) is 0 Å². The summed E-state index contributed by atoms with van der Waals surface area (Å²) >= 11 is 0. The van der Waals surface area contributed by atoms with E-state index in [1.807, 2.05) is 44.3 Å². The Hall–Kier alpha value is 0.918. The van der Waals surface area contributed by atoms with Gasteiger partial charge in [-0.05, 0) is 26.0 Å². The first-order chi connectivity index (χ1) is 10.0. The van der Waals surface area contributed by atoms with E-state index in [0.29, 0.717) is 0 Å². The molecule has 0 fully saturated rings. The zero-order valence-electron chi connectivity index (χ0n) is 12.9. The van der Waals surface area contributed by atoms with Crippen LogP contribution >= 0.6 is 53.0 Å². The number of carbonyl (C=O) groups excluding carboxylic acids is 1. The summed E-state index contributed by atoms with van der Waals surface area (Å²) in [5.41, 5.74) is 0.911. The van der Waals surface area contributed by atoms with Crippen molar-refractivity contribution in [2.24, 2.45) is 0 Å². The quantitative estimate of drug-likeness (QED) is 0.267. The second-order valence-electron chi connectivity index (χ2n) is 4.85. The molecule has 0 unspecified atom stereocenters. The van der Waals surface area contributed by atoms with Gasteiger partial charge in [0.2, 0.25) is 0 Å². The molecule has 23 heavy (non-hydrogen) atoms. The van der Waals surface area contributed by atoms with E-state index < -0.39 is 9.14 Å². The monoisotopic (exact) mass is 551 g/mol. The van der Waals surface area contributed by atoms with Crippen LogP contribution in [0.1, 0.15) is 26.3 Å². The minimum absolute atomic E-state index is 0.0286. The Labute approximate surface area is 156 Å². The van der Waals surface area contributed by atoms with Gasteiger partial charge in [0.25, 0.3) is 0 Å². The van der Waals surface area contributed by atoms with Crippen LogP contribution in [0.4, 0.5) is 0 Å². The maximum atomic E-state index is 11.4. The van der Waals surface area contributed by atoms with Gasteiger partial charge in [-0.2, -0.15) is 4.58 Å². The standard InChI is InChI=1S/C13H18NO2.6ClH.Sb/c1-10(2)14(11(3)15)9-12-7-5-6-8-13(12)16-4;;;;;;;/h5-10H,1-4H3;6*1H;/q+1;;;;;;;+5/p-6. The Kier molecular flexibility index (Phi) is 8.40. The number of nitrogens with zero attached hydrogens (tertiary/aromatic N) is 1. The number of carbonyl (C=O) groups is 1.